The molecule has 0 spiro atoms. The van der Waals surface area contributed by atoms with Crippen molar-refractivity contribution in [3.8, 4) is 11.8 Å². The lowest BCUT2D eigenvalue weighted by atomic mass is 10.1. The number of alkyl halides is 2. The average Bonchev–Trinajstić information content (AvgIpc) is 2.16. The van der Waals surface area contributed by atoms with Crippen molar-refractivity contribution in [1.29, 1.82) is 5.26 Å². The van der Waals surface area contributed by atoms with Gasteiger partial charge in [0.2, 0.25) is 0 Å². The molecule has 0 saturated carbocycles. The second kappa shape index (κ2) is 4.56. The van der Waals surface area contributed by atoms with E-state index in [-0.39, 0.29) is 0 Å². The number of aryl methyl sites for hydroxylation is 1. The highest BCUT2D eigenvalue weighted by Gasteiger charge is 2.06. The third kappa shape index (κ3) is 2.70. The molecular weight excluding hydrogens is 188 g/mol. The van der Waals surface area contributed by atoms with E-state index in [9.17, 15) is 8.78 Å². The molecule has 0 amide bonds. The predicted octanol–water partition coefficient (Wildman–Crippen LogP) is 2.51. The summed E-state index contributed by atoms with van der Waals surface area (Å²) >= 11 is 0. The highest BCUT2D eigenvalue weighted by Crippen LogP contribution is 2.19. The van der Waals surface area contributed by atoms with E-state index in [1.165, 1.54) is 6.07 Å². The number of nitrogens with zero attached hydrogens (tertiary/aromatic N) is 1. The van der Waals surface area contributed by atoms with Gasteiger partial charge in [0.25, 0.3) is 6.43 Å². The Kier molecular flexibility index (Phi) is 3.41. The highest BCUT2D eigenvalue weighted by atomic mass is 19.3. The first-order chi connectivity index (χ1) is 6.63. The van der Waals surface area contributed by atoms with Crippen LogP contribution in [0.25, 0.3) is 0 Å². The van der Waals surface area contributed by atoms with E-state index in [4.69, 9.17) is 10.00 Å². The summed E-state index contributed by atoms with van der Waals surface area (Å²) in [4.78, 5) is 0. The van der Waals surface area contributed by atoms with Gasteiger partial charge in [0.05, 0.1) is 11.6 Å². The van der Waals surface area contributed by atoms with E-state index in [1.54, 1.807) is 19.1 Å². The molecule has 0 aliphatic carbocycles. The first-order valence-electron chi connectivity index (χ1n) is 4.05. The van der Waals surface area contributed by atoms with E-state index in [0.29, 0.717) is 11.3 Å². The third-order valence-electron chi connectivity index (χ3n) is 1.68. The van der Waals surface area contributed by atoms with Gasteiger partial charge in [-0.3, -0.25) is 0 Å². The Labute approximate surface area is 80.7 Å². The van der Waals surface area contributed by atoms with E-state index in [0.717, 1.165) is 5.56 Å². The van der Waals surface area contributed by atoms with E-state index in [2.05, 4.69) is 0 Å². The second-order valence-corrected chi connectivity index (χ2v) is 2.79. The maximum Gasteiger partial charge on any atom is 0.272 e. The van der Waals surface area contributed by atoms with Gasteiger partial charge < -0.3 is 4.74 Å². The molecule has 0 radical (unpaired) electrons. The summed E-state index contributed by atoms with van der Waals surface area (Å²) < 4.78 is 28.5. The molecule has 0 fully saturated rings. The Morgan fingerprint density at radius 3 is 2.79 bits per heavy atom. The topological polar surface area (TPSA) is 33.0 Å². The minimum Gasteiger partial charge on any atom is -0.487 e. The summed E-state index contributed by atoms with van der Waals surface area (Å²) in [6.07, 6.45) is -2.50. The minimum absolute atomic E-state index is 0.337. The van der Waals surface area contributed by atoms with E-state index >= 15 is 0 Å². The SMILES string of the molecule is Cc1ccc(C#N)cc1OCC(F)F. The fourth-order valence-corrected chi connectivity index (χ4v) is 0.978. The van der Waals surface area contributed by atoms with Gasteiger partial charge >= 0.3 is 0 Å². The molecule has 0 atom stereocenters. The molecule has 1 rings (SSSR count). The Bertz CT molecular complexity index is 358. The molecule has 0 heterocycles. The van der Waals surface area contributed by atoms with Crippen molar-refractivity contribution >= 4 is 0 Å². The van der Waals surface area contributed by atoms with Gasteiger partial charge in [0.1, 0.15) is 12.4 Å². The third-order valence-corrected chi connectivity index (χ3v) is 1.68. The number of ether oxygens (including phenoxy) is 1. The van der Waals surface area contributed by atoms with Gasteiger partial charge in [-0.25, -0.2) is 8.78 Å². The number of benzene rings is 1. The van der Waals surface area contributed by atoms with Crippen molar-refractivity contribution in [2.45, 2.75) is 13.3 Å². The summed E-state index contributed by atoms with van der Waals surface area (Å²) in [5, 5.41) is 8.58. The second-order valence-electron chi connectivity index (χ2n) is 2.79. The van der Waals surface area contributed by atoms with Crippen LogP contribution >= 0.6 is 0 Å². The molecule has 0 saturated heterocycles. The lowest BCUT2D eigenvalue weighted by molar-refractivity contribution is 0.0815. The molecule has 0 unspecified atom stereocenters. The van der Waals surface area contributed by atoms with Gasteiger partial charge in [0, 0.05) is 0 Å². The van der Waals surface area contributed by atoms with Crippen molar-refractivity contribution in [2.75, 3.05) is 6.61 Å². The van der Waals surface area contributed by atoms with Crippen LogP contribution in [0, 0.1) is 18.3 Å². The fourth-order valence-electron chi connectivity index (χ4n) is 0.978. The summed E-state index contributed by atoms with van der Waals surface area (Å²) in [6.45, 7) is 1.09. The quantitative estimate of drug-likeness (QED) is 0.745. The molecule has 2 nitrogen and oxygen atoms in total. The summed E-state index contributed by atoms with van der Waals surface area (Å²) in [5.41, 5.74) is 1.14. The molecule has 4 heteroatoms. The minimum atomic E-state index is -2.50. The summed E-state index contributed by atoms with van der Waals surface area (Å²) in [6, 6.07) is 6.65. The van der Waals surface area contributed by atoms with E-state index < -0.39 is 13.0 Å². The molecule has 0 aliphatic rings. The monoisotopic (exact) mass is 197 g/mol. The zero-order valence-corrected chi connectivity index (χ0v) is 7.63. The zero-order chi connectivity index (χ0) is 10.6. The molecule has 0 N–H and O–H groups in total. The van der Waals surface area contributed by atoms with Crippen LogP contribution in [0.5, 0.6) is 5.75 Å². The molecule has 14 heavy (non-hydrogen) atoms. The largest absolute Gasteiger partial charge is 0.487 e. The van der Waals surface area contributed by atoms with Crippen molar-refractivity contribution in [2.24, 2.45) is 0 Å². The van der Waals surface area contributed by atoms with Crippen LogP contribution in [0.2, 0.25) is 0 Å². The number of hydrogen-bond acceptors (Lipinski definition) is 2. The summed E-state index contributed by atoms with van der Waals surface area (Å²) in [7, 11) is 0. The van der Waals surface area contributed by atoms with Crippen molar-refractivity contribution in [3.05, 3.63) is 29.3 Å². The smallest absolute Gasteiger partial charge is 0.272 e. The maximum absolute atomic E-state index is 11.8. The number of halogens is 2. The van der Waals surface area contributed by atoms with Crippen LogP contribution in [0.1, 0.15) is 11.1 Å². The van der Waals surface area contributed by atoms with Gasteiger partial charge in [-0.1, -0.05) is 6.07 Å². The van der Waals surface area contributed by atoms with Crippen molar-refractivity contribution in [1.82, 2.24) is 0 Å². The highest BCUT2D eigenvalue weighted by molar-refractivity contribution is 5.41. The molecule has 1 aromatic carbocycles. The molecule has 0 aliphatic heterocycles. The standard InChI is InChI=1S/C10H9F2NO/c1-7-2-3-8(5-13)4-9(7)14-6-10(11)12/h2-4,10H,6H2,1H3. The molecule has 74 valence electrons. The number of hydrogen-bond donors (Lipinski definition) is 0. The lowest BCUT2D eigenvalue weighted by Gasteiger charge is -2.08. The average molecular weight is 197 g/mol. The van der Waals surface area contributed by atoms with Gasteiger partial charge in [-0.15, -0.1) is 0 Å². The zero-order valence-electron chi connectivity index (χ0n) is 7.63. The van der Waals surface area contributed by atoms with Gasteiger partial charge in [-0.2, -0.15) is 5.26 Å². The first-order valence-corrected chi connectivity index (χ1v) is 4.05. The maximum atomic E-state index is 11.8. The van der Waals surface area contributed by atoms with Crippen LogP contribution in [0.3, 0.4) is 0 Å². The van der Waals surface area contributed by atoms with E-state index in [1.807, 2.05) is 6.07 Å². The van der Waals surface area contributed by atoms with Crippen LogP contribution in [-0.2, 0) is 0 Å². The van der Waals surface area contributed by atoms with Crippen LogP contribution in [0.15, 0.2) is 18.2 Å². The molecule has 0 aromatic heterocycles. The van der Waals surface area contributed by atoms with Crippen LogP contribution in [-0.4, -0.2) is 13.0 Å². The van der Waals surface area contributed by atoms with Gasteiger partial charge in [0.15, 0.2) is 0 Å². The first kappa shape index (κ1) is 10.5. The Morgan fingerprint density at radius 1 is 1.50 bits per heavy atom. The number of rotatable bonds is 3. The number of nitriles is 1. The molecule has 0 bridgehead atoms. The van der Waals surface area contributed by atoms with Gasteiger partial charge in [-0.05, 0) is 24.6 Å². The van der Waals surface area contributed by atoms with Crippen LogP contribution in [0.4, 0.5) is 8.78 Å². The Morgan fingerprint density at radius 2 is 2.21 bits per heavy atom. The molecular formula is C10H9F2NO. The Hall–Kier alpha value is -1.63. The fraction of sp³-hybridized carbons (Fsp3) is 0.300. The van der Waals surface area contributed by atoms with Crippen LogP contribution < -0.4 is 4.74 Å². The Balaban J connectivity index is 2.80. The summed E-state index contributed by atoms with van der Waals surface area (Å²) in [5.74, 6) is 0.337. The predicted molar refractivity (Wildman–Crippen MR) is 47.4 cm³/mol. The van der Waals surface area contributed by atoms with Crippen molar-refractivity contribution in [3.63, 3.8) is 0 Å². The molecule has 1 aromatic rings. The lowest BCUT2D eigenvalue weighted by Crippen LogP contribution is -2.07. The normalized spacial score (nSPS) is 9.93. The van der Waals surface area contributed by atoms with Crippen molar-refractivity contribution < 1.29 is 13.5 Å².